The highest BCUT2D eigenvalue weighted by Gasteiger charge is 2.35. The largest absolute Gasteiger partial charge is 0.493 e. The number of aromatic nitrogens is 4. The van der Waals surface area contributed by atoms with E-state index in [1.54, 1.807) is 44.6 Å². The number of benzene rings is 1. The highest BCUT2D eigenvalue weighted by Crippen LogP contribution is 2.31. The summed E-state index contributed by atoms with van der Waals surface area (Å²) in [6.07, 6.45) is 5.73. The van der Waals surface area contributed by atoms with Gasteiger partial charge in [-0.15, -0.1) is 10.2 Å². The Hall–Kier alpha value is -3.93. The molecule has 0 radical (unpaired) electrons. The quantitative estimate of drug-likeness (QED) is 0.289. The van der Waals surface area contributed by atoms with Crippen molar-refractivity contribution < 1.29 is 28.2 Å². The maximum Gasteiger partial charge on any atom is 0.250 e. The predicted octanol–water partition coefficient (Wildman–Crippen LogP) is 3.70. The molecule has 0 saturated heterocycles. The lowest BCUT2D eigenvalue weighted by Gasteiger charge is -2.32. The molecular formula is C29H40N6O6. The summed E-state index contributed by atoms with van der Waals surface area (Å²) in [5, 5.41) is 15.8. The fourth-order valence-corrected chi connectivity index (χ4v) is 5.04. The summed E-state index contributed by atoms with van der Waals surface area (Å²) < 4.78 is 22.1. The average Bonchev–Trinajstić information content (AvgIpc) is 3.63. The molecule has 1 aromatic carbocycles. The molecule has 1 N–H and O–H groups in total. The summed E-state index contributed by atoms with van der Waals surface area (Å²) in [6, 6.07) is 7.98. The first-order valence-corrected chi connectivity index (χ1v) is 14.2. The van der Waals surface area contributed by atoms with Crippen molar-refractivity contribution in [2.24, 2.45) is 0 Å². The van der Waals surface area contributed by atoms with E-state index in [9.17, 15) is 9.59 Å². The predicted molar refractivity (Wildman–Crippen MR) is 150 cm³/mol. The number of nitrogens with zero attached hydrogens (tertiary/aromatic N) is 5. The van der Waals surface area contributed by atoms with E-state index >= 15 is 0 Å². The standard InChI is InChI=1S/C29H40N6O6/c1-5-40-17-9-16-34(27(24-14-12-20(2)41-24)29(37)30-22-10-7-6-8-11-22)26(36)19-35-32-28(31-33-35)21-13-15-23(38-3)25(18-21)39-4/h12-15,18,22,27H,5-11,16-17,19H2,1-4H3,(H,30,37). The minimum atomic E-state index is -0.936. The Morgan fingerprint density at radius 1 is 1.12 bits per heavy atom. The molecule has 0 spiro atoms. The number of hydrogen-bond donors (Lipinski definition) is 1. The number of methoxy groups -OCH3 is 2. The second-order valence-corrected chi connectivity index (χ2v) is 10.0. The highest BCUT2D eigenvalue weighted by molar-refractivity contribution is 5.88. The third-order valence-electron chi connectivity index (χ3n) is 7.13. The van der Waals surface area contributed by atoms with Gasteiger partial charge < -0.3 is 28.8 Å². The molecule has 0 aliphatic heterocycles. The summed E-state index contributed by atoms with van der Waals surface area (Å²) >= 11 is 0. The van der Waals surface area contributed by atoms with E-state index in [4.69, 9.17) is 18.6 Å². The Bertz CT molecular complexity index is 1280. The summed E-state index contributed by atoms with van der Waals surface area (Å²) in [6.45, 7) is 4.84. The smallest absolute Gasteiger partial charge is 0.250 e. The third-order valence-corrected chi connectivity index (χ3v) is 7.13. The van der Waals surface area contributed by atoms with Gasteiger partial charge in [0.1, 0.15) is 18.1 Å². The minimum absolute atomic E-state index is 0.0798. The molecule has 2 aromatic heterocycles. The number of aryl methyl sites for hydroxylation is 1. The first-order valence-electron chi connectivity index (χ1n) is 14.2. The van der Waals surface area contributed by atoms with Gasteiger partial charge in [-0.25, -0.2) is 0 Å². The lowest BCUT2D eigenvalue weighted by Crippen LogP contribution is -2.48. The fraction of sp³-hybridized carbons (Fsp3) is 0.552. The molecule has 41 heavy (non-hydrogen) atoms. The van der Waals surface area contributed by atoms with Gasteiger partial charge in [0, 0.05) is 31.4 Å². The van der Waals surface area contributed by atoms with Crippen LogP contribution in [0.3, 0.4) is 0 Å². The van der Waals surface area contributed by atoms with Crippen molar-refractivity contribution in [3.8, 4) is 22.9 Å². The van der Waals surface area contributed by atoms with Gasteiger partial charge in [-0.05, 0) is 68.7 Å². The van der Waals surface area contributed by atoms with Crippen molar-refractivity contribution in [2.75, 3.05) is 34.0 Å². The lowest BCUT2D eigenvalue weighted by molar-refractivity contribution is -0.143. The average molecular weight is 569 g/mol. The van der Waals surface area contributed by atoms with Crippen LogP contribution in [0.15, 0.2) is 34.7 Å². The number of furan rings is 1. The van der Waals surface area contributed by atoms with Crippen molar-refractivity contribution in [1.82, 2.24) is 30.4 Å². The van der Waals surface area contributed by atoms with E-state index < -0.39 is 6.04 Å². The van der Waals surface area contributed by atoms with Crippen LogP contribution in [0.2, 0.25) is 0 Å². The molecule has 12 nitrogen and oxygen atoms in total. The first-order chi connectivity index (χ1) is 19.9. The Labute approximate surface area is 240 Å². The van der Waals surface area contributed by atoms with Crippen LogP contribution in [0.25, 0.3) is 11.4 Å². The second kappa shape index (κ2) is 14.6. The third kappa shape index (κ3) is 7.84. The van der Waals surface area contributed by atoms with Gasteiger partial charge in [0.2, 0.25) is 11.7 Å². The molecule has 0 bridgehead atoms. The molecule has 4 rings (SSSR count). The Balaban J connectivity index is 1.57. The number of hydrogen-bond acceptors (Lipinski definition) is 9. The molecular weight excluding hydrogens is 528 g/mol. The fourth-order valence-electron chi connectivity index (χ4n) is 5.04. The van der Waals surface area contributed by atoms with Crippen molar-refractivity contribution >= 4 is 11.8 Å². The Morgan fingerprint density at radius 3 is 2.59 bits per heavy atom. The number of carbonyl (C=O) groups is 2. The van der Waals surface area contributed by atoms with E-state index in [1.165, 1.54) is 16.1 Å². The number of ether oxygens (including phenoxy) is 3. The Morgan fingerprint density at radius 2 is 1.90 bits per heavy atom. The zero-order chi connectivity index (χ0) is 29.2. The van der Waals surface area contributed by atoms with Crippen LogP contribution in [0.1, 0.15) is 63.0 Å². The monoisotopic (exact) mass is 568 g/mol. The SMILES string of the molecule is CCOCCCN(C(=O)Cn1nnc(-c2ccc(OC)c(OC)c2)n1)C(C(=O)NC1CCCCC1)c1ccc(C)o1. The van der Waals surface area contributed by atoms with E-state index in [1.807, 2.05) is 13.8 Å². The molecule has 222 valence electrons. The van der Waals surface area contributed by atoms with Crippen LogP contribution in [0, 0.1) is 6.92 Å². The molecule has 1 aliphatic rings. The van der Waals surface area contributed by atoms with Gasteiger partial charge in [0.15, 0.2) is 17.5 Å². The van der Waals surface area contributed by atoms with Gasteiger partial charge in [-0.3, -0.25) is 9.59 Å². The van der Waals surface area contributed by atoms with E-state index in [0.717, 1.165) is 25.7 Å². The van der Waals surface area contributed by atoms with Crippen LogP contribution < -0.4 is 14.8 Å². The molecule has 1 fully saturated rings. The van der Waals surface area contributed by atoms with Gasteiger partial charge >= 0.3 is 0 Å². The van der Waals surface area contributed by atoms with Crippen molar-refractivity contribution in [3.05, 3.63) is 41.9 Å². The number of amides is 2. The minimum Gasteiger partial charge on any atom is -0.493 e. The maximum atomic E-state index is 13.8. The van der Waals surface area contributed by atoms with E-state index in [2.05, 4.69) is 20.7 Å². The van der Waals surface area contributed by atoms with Crippen LogP contribution in [0.4, 0.5) is 0 Å². The van der Waals surface area contributed by atoms with Crippen LogP contribution >= 0.6 is 0 Å². The summed E-state index contributed by atoms with van der Waals surface area (Å²) in [5.74, 6) is 1.91. The van der Waals surface area contributed by atoms with E-state index in [-0.39, 0.29) is 24.4 Å². The van der Waals surface area contributed by atoms with Crippen molar-refractivity contribution in [3.63, 3.8) is 0 Å². The van der Waals surface area contributed by atoms with Crippen molar-refractivity contribution in [1.29, 1.82) is 0 Å². The normalized spacial score (nSPS) is 14.4. The second-order valence-electron chi connectivity index (χ2n) is 10.0. The van der Waals surface area contributed by atoms with E-state index in [0.29, 0.717) is 60.6 Å². The van der Waals surface area contributed by atoms with Crippen LogP contribution in [0.5, 0.6) is 11.5 Å². The highest BCUT2D eigenvalue weighted by atomic mass is 16.5. The molecule has 1 atom stereocenters. The molecule has 12 heteroatoms. The van der Waals surface area contributed by atoms with Crippen LogP contribution in [-0.2, 0) is 20.9 Å². The number of tetrazole rings is 1. The number of rotatable bonds is 14. The molecule has 1 unspecified atom stereocenters. The summed E-state index contributed by atoms with van der Waals surface area (Å²) in [5.41, 5.74) is 0.658. The topological polar surface area (TPSA) is 134 Å². The molecule has 2 amide bonds. The molecule has 2 heterocycles. The zero-order valence-electron chi connectivity index (χ0n) is 24.3. The lowest BCUT2D eigenvalue weighted by atomic mass is 9.95. The van der Waals surface area contributed by atoms with Gasteiger partial charge in [-0.2, -0.15) is 4.80 Å². The maximum absolute atomic E-state index is 13.8. The zero-order valence-corrected chi connectivity index (χ0v) is 24.3. The molecule has 1 saturated carbocycles. The first kappa shape index (κ1) is 30.0. The number of carbonyl (C=O) groups excluding carboxylic acids is 2. The van der Waals surface area contributed by atoms with Gasteiger partial charge in [0.25, 0.3) is 5.91 Å². The van der Waals surface area contributed by atoms with Gasteiger partial charge in [-0.1, -0.05) is 19.3 Å². The molecule has 3 aromatic rings. The Kier molecular flexibility index (Phi) is 10.7. The molecule has 1 aliphatic carbocycles. The van der Waals surface area contributed by atoms with Gasteiger partial charge in [0.05, 0.1) is 14.2 Å². The summed E-state index contributed by atoms with van der Waals surface area (Å²) in [7, 11) is 3.11. The number of nitrogens with one attached hydrogen (secondary N) is 1. The van der Waals surface area contributed by atoms with Crippen LogP contribution in [-0.4, -0.2) is 76.9 Å². The summed E-state index contributed by atoms with van der Waals surface area (Å²) in [4.78, 5) is 30.3. The van der Waals surface area contributed by atoms with Crippen molar-refractivity contribution in [2.45, 2.75) is 71.0 Å².